The van der Waals surface area contributed by atoms with E-state index in [4.69, 9.17) is 11.6 Å². The second kappa shape index (κ2) is 4.73. The summed E-state index contributed by atoms with van der Waals surface area (Å²) in [6, 6.07) is 2.34. The van der Waals surface area contributed by atoms with Crippen LogP contribution in [-0.4, -0.2) is 17.9 Å². The molecule has 0 bridgehead atoms. The van der Waals surface area contributed by atoms with Gasteiger partial charge in [0.1, 0.15) is 6.04 Å². The molecule has 0 radical (unpaired) electrons. The quantitative estimate of drug-likeness (QED) is 0.822. The summed E-state index contributed by atoms with van der Waals surface area (Å²) >= 11 is 5.47. The fraction of sp³-hybridized carbons (Fsp3) is 0.273. The monoisotopic (exact) mass is 292 g/mol. The molecule has 2 N–H and O–H groups in total. The van der Waals surface area contributed by atoms with E-state index in [1.54, 1.807) is 0 Å². The van der Waals surface area contributed by atoms with Crippen molar-refractivity contribution >= 4 is 29.1 Å². The summed E-state index contributed by atoms with van der Waals surface area (Å²) in [5.41, 5.74) is -0.921. The number of imide groups is 1. The molecule has 1 unspecified atom stereocenters. The Morgan fingerprint density at radius 2 is 2.00 bits per heavy atom. The van der Waals surface area contributed by atoms with Gasteiger partial charge in [0.05, 0.1) is 17.0 Å². The van der Waals surface area contributed by atoms with Crippen LogP contribution in [0.5, 0.6) is 0 Å². The van der Waals surface area contributed by atoms with Crippen LogP contribution in [0.25, 0.3) is 0 Å². The van der Waals surface area contributed by atoms with Crippen molar-refractivity contribution in [3.8, 4) is 0 Å². The van der Waals surface area contributed by atoms with Crippen LogP contribution in [0.3, 0.4) is 0 Å². The van der Waals surface area contributed by atoms with E-state index < -0.39 is 34.6 Å². The normalized spacial score (nSPS) is 19.5. The van der Waals surface area contributed by atoms with E-state index in [1.807, 2.05) is 0 Å². The zero-order valence-corrected chi connectivity index (χ0v) is 10.1. The third-order valence-electron chi connectivity index (χ3n) is 2.58. The summed E-state index contributed by atoms with van der Waals surface area (Å²) in [4.78, 5) is 22.3. The Labute approximate surface area is 110 Å². The average Bonchev–Trinajstić information content (AvgIpc) is 2.58. The lowest BCUT2D eigenvalue weighted by molar-refractivity contribution is -0.137. The van der Waals surface area contributed by atoms with Crippen molar-refractivity contribution in [2.24, 2.45) is 0 Å². The molecular formula is C11H8ClF3N2O2. The Morgan fingerprint density at radius 1 is 1.32 bits per heavy atom. The van der Waals surface area contributed by atoms with Crippen molar-refractivity contribution in [2.45, 2.75) is 18.6 Å². The van der Waals surface area contributed by atoms with Crippen LogP contribution < -0.4 is 10.6 Å². The molecule has 0 aliphatic carbocycles. The van der Waals surface area contributed by atoms with Crippen molar-refractivity contribution in [2.75, 3.05) is 5.32 Å². The van der Waals surface area contributed by atoms with Gasteiger partial charge in [0.25, 0.3) is 0 Å². The van der Waals surface area contributed by atoms with E-state index in [2.05, 4.69) is 10.6 Å². The third-order valence-corrected chi connectivity index (χ3v) is 2.91. The van der Waals surface area contributed by atoms with E-state index in [1.165, 1.54) is 6.07 Å². The highest BCUT2D eigenvalue weighted by molar-refractivity contribution is 6.31. The molecule has 0 aromatic heterocycles. The predicted octanol–water partition coefficient (Wildman–Crippen LogP) is 2.19. The predicted molar refractivity (Wildman–Crippen MR) is 61.6 cm³/mol. The maximum Gasteiger partial charge on any atom is 0.417 e. The minimum Gasteiger partial charge on any atom is -0.373 e. The van der Waals surface area contributed by atoms with Gasteiger partial charge in [0.2, 0.25) is 11.8 Å². The molecular weight excluding hydrogens is 285 g/mol. The van der Waals surface area contributed by atoms with Gasteiger partial charge in [-0.3, -0.25) is 14.9 Å². The van der Waals surface area contributed by atoms with Crippen molar-refractivity contribution < 1.29 is 22.8 Å². The van der Waals surface area contributed by atoms with Gasteiger partial charge in [-0.2, -0.15) is 13.2 Å². The first-order valence-electron chi connectivity index (χ1n) is 5.24. The molecule has 19 heavy (non-hydrogen) atoms. The highest BCUT2D eigenvalue weighted by Gasteiger charge is 2.34. The second-order valence-electron chi connectivity index (χ2n) is 4.01. The van der Waals surface area contributed by atoms with Crippen LogP contribution in [0.15, 0.2) is 18.2 Å². The standard InChI is InChI=1S/C11H8ClF3N2O2/c12-7-2-1-5(3-6(7)11(13,14)15)16-8-4-9(18)17-10(8)19/h1-3,8,16H,4H2,(H,17,18,19). The lowest BCUT2D eigenvalue weighted by Gasteiger charge is -2.14. The summed E-state index contributed by atoms with van der Waals surface area (Å²) in [7, 11) is 0. The zero-order valence-electron chi connectivity index (χ0n) is 9.34. The average molecular weight is 293 g/mol. The van der Waals surface area contributed by atoms with Crippen LogP contribution in [0.1, 0.15) is 12.0 Å². The minimum atomic E-state index is -4.58. The number of halogens is 4. The smallest absolute Gasteiger partial charge is 0.373 e. The Kier molecular flexibility index (Phi) is 3.40. The highest BCUT2D eigenvalue weighted by atomic mass is 35.5. The molecule has 1 fully saturated rings. The number of hydrogen-bond acceptors (Lipinski definition) is 3. The molecule has 1 atom stereocenters. The largest absolute Gasteiger partial charge is 0.417 e. The summed E-state index contributed by atoms with van der Waals surface area (Å²) in [6.07, 6.45) is -4.69. The first-order chi connectivity index (χ1) is 8.77. The first kappa shape index (κ1) is 13.7. The Bertz CT molecular complexity index is 545. The maximum absolute atomic E-state index is 12.6. The van der Waals surface area contributed by atoms with E-state index >= 15 is 0 Å². The van der Waals surface area contributed by atoms with E-state index in [9.17, 15) is 22.8 Å². The van der Waals surface area contributed by atoms with Crippen LogP contribution in [0, 0.1) is 0 Å². The van der Waals surface area contributed by atoms with Crippen molar-refractivity contribution in [1.29, 1.82) is 0 Å². The van der Waals surface area contributed by atoms with Gasteiger partial charge in [-0.1, -0.05) is 11.6 Å². The number of nitrogens with one attached hydrogen (secondary N) is 2. The number of amides is 2. The fourth-order valence-corrected chi connectivity index (χ4v) is 1.93. The first-order valence-corrected chi connectivity index (χ1v) is 5.62. The van der Waals surface area contributed by atoms with Crippen molar-refractivity contribution in [3.05, 3.63) is 28.8 Å². The molecule has 102 valence electrons. The van der Waals surface area contributed by atoms with Crippen molar-refractivity contribution in [1.82, 2.24) is 5.32 Å². The lowest BCUT2D eigenvalue weighted by atomic mass is 10.1. The summed E-state index contributed by atoms with van der Waals surface area (Å²) in [6.45, 7) is 0. The van der Waals surface area contributed by atoms with Gasteiger partial charge in [0, 0.05) is 5.69 Å². The van der Waals surface area contributed by atoms with E-state index in [0.29, 0.717) is 0 Å². The van der Waals surface area contributed by atoms with Crippen molar-refractivity contribution in [3.63, 3.8) is 0 Å². The van der Waals surface area contributed by atoms with Gasteiger partial charge in [0.15, 0.2) is 0 Å². The summed E-state index contributed by atoms with van der Waals surface area (Å²) in [5.74, 6) is -1.03. The molecule has 1 aliphatic heterocycles. The topological polar surface area (TPSA) is 58.2 Å². The van der Waals surface area contributed by atoms with E-state index in [0.717, 1.165) is 12.1 Å². The van der Waals surface area contributed by atoms with Crippen LogP contribution in [0.2, 0.25) is 5.02 Å². The van der Waals surface area contributed by atoms with Gasteiger partial charge in [-0.15, -0.1) is 0 Å². The van der Waals surface area contributed by atoms with Crippen LogP contribution in [-0.2, 0) is 15.8 Å². The molecule has 1 saturated heterocycles. The number of hydrogen-bond donors (Lipinski definition) is 2. The minimum absolute atomic E-state index is 0.0755. The molecule has 1 aromatic carbocycles. The molecule has 2 amide bonds. The summed E-state index contributed by atoms with van der Waals surface area (Å²) in [5, 5.41) is 4.20. The molecule has 0 spiro atoms. The number of benzene rings is 1. The molecule has 8 heteroatoms. The Morgan fingerprint density at radius 3 is 2.53 bits per heavy atom. The van der Waals surface area contributed by atoms with Crippen LogP contribution >= 0.6 is 11.6 Å². The molecule has 1 aromatic rings. The number of anilines is 1. The maximum atomic E-state index is 12.6. The molecule has 4 nitrogen and oxygen atoms in total. The van der Waals surface area contributed by atoms with Gasteiger partial charge >= 0.3 is 6.18 Å². The lowest BCUT2D eigenvalue weighted by Crippen LogP contribution is -2.30. The Hall–Kier alpha value is -1.76. The van der Waals surface area contributed by atoms with Crippen LogP contribution in [0.4, 0.5) is 18.9 Å². The van der Waals surface area contributed by atoms with Gasteiger partial charge < -0.3 is 5.32 Å². The highest BCUT2D eigenvalue weighted by Crippen LogP contribution is 2.36. The number of alkyl halides is 3. The molecule has 0 saturated carbocycles. The number of rotatable bonds is 2. The number of carbonyl (C=O) groups is 2. The molecule has 1 heterocycles. The number of carbonyl (C=O) groups excluding carboxylic acids is 2. The second-order valence-corrected chi connectivity index (χ2v) is 4.41. The SMILES string of the molecule is O=C1CC(Nc2ccc(Cl)c(C(F)(F)F)c2)C(=O)N1. The zero-order chi connectivity index (χ0) is 14.2. The summed E-state index contributed by atoms with van der Waals surface area (Å²) < 4.78 is 37.9. The van der Waals surface area contributed by atoms with Gasteiger partial charge in [-0.25, -0.2) is 0 Å². The fourth-order valence-electron chi connectivity index (χ4n) is 1.70. The van der Waals surface area contributed by atoms with E-state index in [-0.39, 0.29) is 12.1 Å². The third kappa shape index (κ3) is 2.98. The van der Waals surface area contributed by atoms with Gasteiger partial charge in [-0.05, 0) is 18.2 Å². The molecule has 1 aliphatic rings. The Balaban J connectivity index is 2.23. The molecule has 2 rings (SSSR count).